The smallest absolute Gasteiger partial charge is 0.259 e. The number of anilines is 1. The standard InChI is InChI=1S/C31H32FN5O5/c32-24-17-22-28-30(26(24)33-19-35-9-7-34(8-10-35)11-14-38)42-25-6-5-20-3-1-2-4-21(20)27(25)37(28)18-23(29(22)39)31(40)36-12-15-41-16-13-36/h1-6,17-18,33,38H,7-16,19H2. The van der Waals surface area contributed by atoms with Crippen LogP contribution in [0.3, 0.4) is 0 Å². The van der Waals surface area contributed by atoms with Gasteiger partial charge in [-0.25, -0.2) is 4.39 Å². The summed E-state index contributed by atoms with van der Waals surface area (Å²) < 4.78 is 29.5. The van der Waals surface area contributed by atoms with Gasteiger partial charge in [0.15, 0.2) is 17.3 Å². The number of ether oxygens (including phenoxy) is 2. The third-order valence-electron chi connectivity index (χ3n) is 8.40. The maximum atomic E-state index is 15.9. The van der Waals surface area contributed by atoms with Gasteiger partial charge in [-0.1, -0.05) is 30.3 Å². The Labute approximate surface area is 241 Å². The molecular weight excluding hydrogens is 541 g/mol. The average molecular weight is 574 g/mol. The van der Waals surface area contributed by atoms with Gasteiger partial charge in [-0.05, 0) is 17.5 Å². The lowest BCUT2D eigenvalue weighted by Gasteiger charge is -2.35. The normalized spacial score (nSPS) is 17.3. The van der Waals surface area contributed by atoms with Crippen LogP contribution in [0.25, 0.3) is 27.4 Å². The number of carbonyl (C=O) groups is 1. The summed E-state index contributed by atoms with van der Waals surface area (Å²) in [6, 6.07) is 12.8. The Balaban J connectivity index is 1.35. The summed E-state index contributed by atoms with van der Waals surface area (Å²) in [4.78, 5) is 33.4. The number of carbonyl (C=O) groups excluding carboxylic acids is 1. The van der Waals surface area contributed by atoms with E-state index in [1.807, 2.05) is 41.0 Å². The molecule has 2 fully saturated rings. The molecule has 0 saturated carbocycles. The quantitative estimate of drug-likeness (QED) is 0.320. The zero-order valence-corrected chi connectivity index (χ0v) is 23.1. The van der Waals surface area contributed by atoms with Gasteiger partial charge in [0.25, 0.3) is 5.91 Å². The van der Waals surface area contributed by atoms with Crippen molar-refractivity contribution >= 4 is 33.3 Å². The van der Waals surface area contributed by atoms with E-state index in [0.717, 1.165) is 37.0 Å². The first-order valence-electron chi connectivity index (χ1n) is 14.3. The molecule has 7 rings (SSSR count). The number of aliphatic hydroxyl groups excluding tert-OH is 1. The van der Waals surface area contributed by atoms with Crippen LogP contribution in [0.15, 0.2) is 53.5 Å². The summed E-state index contributed by atoms with van der Waals surface area (Å²) in [5.41, 5.74) is 0.728. The zero-order valence-electron chi connectivity index (χ0n) is 23.1. The second-order valence-corrected chi connectivity index (χ2v) is 10.9. The number of amides is 1. The minimum atomic E-state index is -0.625. The van der Waals surface area contributed by atoms with E-state index >= 15 is 4.39 Å². The minimum absolute atomic E-state index is 0.0167. The molecule has 1 aromatic heterocycles. The van der Waals surface area contributed by atoms with Gasteiger partial charge >= 0.3 is 0 Å². The molecule has 1 amide bonds. The highest BCUT2D eigenvalue weighted by Gasteiger charge is 2.31. The van der Waals surface area contributed by atoms with Crippen LogP contribution < -0.4 is 15.5 Å². The lowest BCUT2D eigenvalue weighted by atomic mass is 10.0. The molecule has 3 aromatic carbocycles. The van der Waals surface area contributed by atoms with Crippen LogP contribution in [0.4, 0.5) is 10.1 Å². The summed E-state index contributed by atoms with van der Waals surface area (Å²) in [6.07, 6.45) is 1.59. The molecule has 11 heteroatoms. The molecular formula is C31H32FN5O5. The molecule has 0 aliphatic carbocycles. The van der Waals surface area contributed by atoms with Crippen molar-refractivity contribution in [2.45, 2.75) is 0 Å². The number of pyridine rings is 1. The number of nitrogens with one attached hydrogen (secondary N) is 1. The Morgan fingerprint density at radius 2 is 1.74 bits per heavy atom. The van der Waals surface area contributed by atoms with Gasteiger partial charge in [-0.15, -0.1) is 0 Å². The highest BCUT2D eigenvalue weighted by Crippen LogP contribution is 2.47. The number of hydrogen-bond donors (Lipinski definition) is 2. The zero-order chi connectivity index (χ0) is 28.8. The van der Waals surface area contributed by atoms with Crippen LogP contribution in [-0.4, -0.2) is 103 Å². The van der Waals surface area contributed by atoms with Crippen molar-refractivity contribution in [3.63, 3.8) is 0 Å². The van der Waals surface area contributed by atoms with Gasteiger partial charge in [0.1, 0.15) is 16.8 Å². The largest absolute Gasteiger partial charge is 0.451 e. The van der Waals surface area contributed by atoms with E-state index in [2.05, 4.69) is 15.1 Å². The average Bonchev–Trinajstić information content (AvgIpc) is 3.02. The first kappa shape index (κ1) is 26.8. The van der Waals surface area contributed by atoms with Crippen LogP contribution in [0, 0.1) is 5.82 Å². The summed E-state index contributed by atoms with van der Waals surface area (Å²) >= 11 is 0. The van der Waals surface area contributed by atoms with Crippen LogP contribution in [-0.2, 0) is 4.74 Å². The molecule has 2 saturated heterocycles. The Morgan fingerprint density at radius 1 is 0.976 bits per heavy atom. The van der Waals surface area contributed by atoms with Gasteiger partial charge in [0.2, 0.25) is 5.43 Å². The predicted octanol–water partition coefficient (Wildman–Crippen LogP) is 2.84. The van der Waals surface area contributed by atoms with Crippen molar-refractivity contribution in [1.29, 1.82) is 0 Å². The number of β-amino-alcohol motifs (C(OH)–C–C–N with tert-alkyl or cyclic N) is 1. The topological polar surface area (TPSA) is 99.5 Å². The van der Waals surface area contributed by atoms with Gasteiger partial charge in [-0.3, -0.25) is 19.4 Å². The van der Waals surface area contributed by atoms with Crippen LogP contribution in [0.5, 0.6) is 11.5 Å². The van der Waals surface area contributed by atoms with Crippen molar-refractivity contribution in [3.05, 3.63) is 70.3 Å². The Kier molecular flexibility index (Phi) is 7.02. The number of hydrogen-bond acceptors (Lipinski definition) is 8. The maximum Gasteiger partial charge on any atom is 0.259 e. The minimum Gasteiger partial charge on any atom is -0.451 e. The Hall–Kier alpha value is -4.03. The number of aromatic nitrogens is 1. The third-order valence-corrected chi connectivity index (χ3v) is 8.40. The SMILES string of the molecule is O=C(c1cn2c3c(c(NCN4CCN(CCO)CC4)c(F)cc3c1=O)Oc1ccc3ccccc3c1-2)N1CCOCC1. The number of fused-ring (bicyclic) bond motifs is 4. The molecule has 0 bridgehead atoms. The van der Waals surface area contributed by atoms with Gasteiger partial charge in [-0.2, -0.15) is 0 Å². The Bertz CT molecular complexity index is 1740. The first-order chi connectivity index (χ1) is 20.5. The van der Waals surface area contributed by atoms with E-state index < -0.39 is 17.2 Å². The van der Waals surface area contributed by atoms with Gasteiger partial charge in [0, 0.05) is 57.4 Å². The number of rotatable bonds is 6. The van der Waals surface area contributed by atoms with E-state index in [1.54, 1.807) is 11.1 Å². The molecule has 2 N–H and O–H groups in total. The highest BCUT2D eigenvalue weighted by atomic mass is 19.1. The van der Waals surface area contributed by atoms with Crippen LogP contribution >= 0.6 is 0 Å². The first-order valence-corrected chi connectivity index (χ1v) is 14.3. The fraction of sp³-hybridized carbons (Fsp3) is 0.355. The van der Waals surface area contributed by atoms with E-state index in [9.17, 15) is 14.7 Å². The molecule has 0 unspecified atom stereocenters. The van der Waals surface area contributed by atoms with Crippen molar-refractivity contribution in [2.24, 2.45) is 0 Å². The molecule has 42 heavy (non-hydrogen) atoms. The molecule has 4 heterocycles. The van der Waals surface area contributed by atoms with Crippen molar-refractivity contribution < 1.29 is 23.8 Å². The van der Waals surface area contributed by atoms with Crippen molar-refractivity contribution in [1.82, 2.24) is 19.3 Å². The molecule has 0 radical (unpaired) electrons. The number of nitrogens with zero attached hydrogens (tertiary/aromatic N) is 4. The number of halogens is 1. The third kappa shape index (κ3) is 4.58. The monoisotopic (exact) mass is 573 g/mol. The predicted molar refractivity (Wildman–Crippen MR) is 157 cm³/mol. The van der Waals surface area contributed by atoms with Crippen LogP contribution in [0.2, 0.25) is 0 Å². The van der Waals surface area contributed by atoms with Crippen molar-refractivity contribution in [2.75, 3.05) is 77.6 Å². The van der Waals surface area contributed by atoms with E-state index in [0.29, 0.717) is 56.5 Å². The summed E-state index contributed by atoms with van der Waals surface area (Å²) in [5, 5.41) is 14.4. The Morgan fingerprint density at radius 3 is 2.52 bits per heavy atom. The summed E-state index contributed by atoms with van der Waals surface area (Å²) in [7, 11) is 0. The van der Waals surface area contributed by atoms with Gasteiger partial charge < -0.3 is 29.4 Å². The second kappa shape index (κ2) is 11.0. The fourth-order valence-electron chi connectivity index (χ4n) is 6.13. The number of morpholine rings is 1. The van der Waals surface area contributed by atoms with Crippen LogP contribution in [0.1, 0.15) is 10.4 Å². The number of piperazine rings is 1. The lowest BCUT2D eigenvalue weighted by molar-refractivity contribution is 0.0301. The molecule has 10 nitrogen and oxygen atoms in total. The van der Waals surface area contributed by atoms with Gasteiger partial charge in [0.05, 0.1) is 37.6 Å². The maximum absolute atomic E-state index is 15.9. The number of aliphatic hydroxyl groups is 1. The molecule has 0 spiro atoms. The molecule has 3 aliphatic heterocycles. The molecule has 0 atom stereocenters. The van der Waals surface area contributed by atoms with E-state index in [1.165, 1.54) is 6.07 Å². The lowest BCUT2D eigenvalue weighted by Crippen LogP contribution is -2.48. The van der Waals surface area contributed by atoms with E-state index in [4.69, 9.17) is 9.47 Å². The summed E-state index contributed by atoms with van der Waals surface area (Å²) in [6.45, 7) is 5.88. The molecule has 218 valence electrons. The number of benzene rings is 3. The van der Waals surface area contributed by atoms with Crippen molar-refractivity contribution in [3.8, 4) is 17.2 Å². The van der Waals surface area contributed by atoms with E-state index in [-0.39, 0.29) is 29.0 Å². The second-order valence-electron chi connectivity index (χ2n) is 10.9. The molecule has 4 aromatic rings. The molecule has 3 aliphatic rings. The summed E-state index contributed by atoms with van der Waals surface area (Å²) in [5.74, 6) is -0.302. The fourth-order valence-corrected chi connectivity index (χ4v) is 6.13. The highest BCUT2D eigenvalue weighted by molar-refractivity contribution is 6.04.